The van der Waals surface area contributed by atoms with Crippen molar-refractivity contribution < 1.29 is 26.4 Å². The summed E-state index contributed by atoms with van der Waals surface area (Å²) in [7, 11) is -2.76. The lowest BCUT2D eigenvalue weighted by atomic mass is 9.95. The normalized spacial score (nSPS) is 18.0. The molecule has 1 amide bonds. The highest BCUT2D eigenvalue weighted by Gasteiger charge is 2.39. The summed E-state index contributed by atoms with van der Waals surface area (Å²) in [5.41, 5.74) is 0.686. The number of rotatable bonds is 3. The Labute approximate surface area is 154 Å². The van der Waals surface area contributed by atoms with E-state index in [0.717, 1.165) is 39.7 Å². The van der Waals surface area contributed by atoms with Crippen LogP contribution >= 0.6 is 0 Å². The van der Waals surface area contributed by atoms with Crippen LogP contribution in [0, 0.1) is 0 Å². The average molecular weight is 398 g/mol. The van der Waals surface area contributed by atoms with Crippen molar-refractivity contribution in [1.82, 2.24) is 9.62 Å². The second kappa shape index (κ2) is 6.97. The van der Waals surface area contributed by atoms with E-state index in [2.05, 4.69) is 5.32 Å². The van der Waals surface area contributed by atoms with Gasteiger partial charge in [-0.05, 0) is 41.8 Å². The van der Waals surface area contributed by atoms with E-state index < -0.39 is 33.7 Å². The minimum absolute atomic E-state index is 0.0301. The van der Waals surface area contributed by atoms with Gasteiger partial charge in [-0.15, -0.1) is 0 Å². The molecule has 1 aliphatic rings. The highest BCUT2D eigenvalue weighted by molar-refractivity contribution is 7.89. The summed E-state index contributed by atoms with van der Waals surface area (Å²) in [4.78, 5) is 12.0. The van der Waals surface area contributed by atoms with Gasteiger partial charge in [-0.3, -0.25) is 4.79 Å². The third-order valence-corrected chi connectivity index (χ3v) is 6.41. The number of nitrogens with one attached hydrogen (secondary N) is 1. The van der Waals surface area contributed by atoms with E-state index in [1.807, 2.05) is 6.07 Å². The lowest BCUT2D eigenvalue weighted by Gasteiger charge is -2.34. The van der Waals surface area contributed by atoms with Crippen LogP contribution in [0.5, 0.6) is 0 Å². The molecule has 0 spiro atoms. The van der Waals surface area contributed by atoms with Crippen LogP contribution in [0.4, 0.5) is 13.2 Å². The standard InChI is InChI=1S/C18H17F3N2O3S/c1-22-17(24)16-10-12-4-2-3-5-13(12)11-23(16)27(25,26)15-8-6-14(7-9-15)18(19,20)21/h2-9,16H,10-11H2,1H3,(H,22,24). The quantitative estimate of drug-likeness (QED) is 0.864. The first-order valence-corrected chi connectivity index (χ1v) is 9.56. The Balaban J connectivity index is 2.01. The van der Waals surface area contributed by atoms with Crippen molar-refractivity contribution in [2.45, 2.75) is 30.1 Å². The molecule has 3 rings (SSSR count). The Bertz CT molecular complexity index is 957. The average Bonchev–Trinajstić information content (AvgIpc) is 2.65. The number of carbonyl (C=O) groups is 1. The molecule has 0 radical (unpaired) electrons. The number of hydrogen-bond donors (Lipinski definition) is 1. The van der Waals surface area contributed by atoms with E-state index in [1.54, 1.807) is 18.2 Å². The van der Waals surface area contributed by atoms with Gasteiger partial charge in [0.05, 0.1) is 10.5 Å². The van der Waals surface area contributed by atoms with Crippen molar-refractivity contribution in [3.05, 3.63) is 65.2 Å². The monoisotopic (exact) mass is 398 g/mol. The van der Waals surface area contributed by atoms with Crippen LogP contribution in [-0.2, 0) is 34.0 Å². The molecule has 0 bridgehead atoms. The van der Waals surface area contributed by atoms with Crippen LogP contribution in [0.2, 0.25) is 0 Å². The number of nitrogens with zero attached hydrogens (tertiary/aromatic N) is 1. The Kier molecular flexibility index (Phi) is 5.00. The summed E-state index contributed by atoms with van der Waals surface area (Å²) in [6.07, 6.45) is -4.37. The molecule has 9 heteroatoms. The van der Waals surface area contributed by atoms with Gasteiger partial charge >= 0.3 is 6.18 Å². The van der Waals surface area contributed by atoms with Crippen molar-refractivity contribution in [3.63, 3.8) is 0 Å². The summed E-state index contributed by atoms with van der Waals surface area (Å²) in [5.74, 6) is -0.472. The topological polar surface area (TPSA) is 66.5 Å². The number of carbonyl (C=O) groups excluding carboxylic acids is 1. The van der Waals surface area contributed by atoms with Crippen LogP contribution in [-0.4, -0.2) is 31.7 Å². The van der Waals surface area contributed by atoms with Crippen LogP contribution in [0.15, 0.2) is 53.4 Å². The highest BCUT2D eigenvalue weighted by Crippen LogP contribution is 2.32. The molecule has 27 heavy (non-hydrogen) atoms. The molecule has 144 valence electrons. The van der Waals surface area contributed by atoms with E-state index in [4.69, 9.17) is 0 Å². The molecule has 1 N–H and O–H groups in total. The molecule has 1 atom stereocenters. The first kappa shape index (κ1) is 19.4. The van der Waals surface area contributed by atoms with Gasteiger partial charge in [-0.25, -0.2) is 8.42 Å². The van der Waals surface area contributed by atoms with E-state index in [9.17, 15) is 26.4 Å². The maximum absolute atomic E-state index is 13.1. The molecule has 0 saturated heterocycles. The number of halogens is 3. The number of sulfonamides is 1. The maximum Gasteiger partial charge on any atom is 0.416 e. The Morgan fingerprint density at radius 2 is 1.67 bits per heavy atom. The SMILES string of the molecule is CNC(=O)C1Cc2ccccc2CN1S(=O)(=O)c1ccc(C(F)(F)F)cc1. The van der Waals surface area contributed by atoms with Gasteiger partial charge in [0, 0.05) is 13.6 Å². The Morgan fingerprint density at radius 3 is 2.22 bits per heavy atom. The number of amides is 1. The summed E-state index contributed by atoms with van der Waals surface area (Å²) < 4.78 is 65.4. The van der Waals surface area contributed by atoms with Crippen molar-refractivity contribution in [2.75, 3.05) is 7.05 Å². The lowest BCUT2D eigenvalue weighted by Crippen LogP contribution is -2.51. The fourth-order valence-electron chi connectivity index (χ4n) is 3.09. The minimum atomic E-state index is -4.56. The zero-order valence-electron chi connectivity index (χ0n) is 14.3. The van der Waals surface area contributed by atoms with Crippen molar-refractivity contribution in [3.8, 4) is 0 Å². The molecule has 0 saturated carbocycles. The first-order valence-electron chi connectivity index (χ1n) is 8.12. The molecule has 0 aliphatic carbocycles. The largest absolute Gasteiger partial charge is 0.416 e. The number of fused-ring (bicyclic) bond motifs is 1. The predicted octanol–water partition coefficient (Wildman–Crippen LogP) is 2.57. The Hall–Kier alpha value is -2.39. The zero-order valence-corrected chi connectivity index (χ0v) is 15.1. The number of alkyl halides is 3. The molecule has 1 unspecified atom stereocenters. The third kappa shape index (κ3) is 3.70. The van der Waals surface area contributed by atoms with Crippen molar-refractivity contribution in [2.24, 2.45) is 0 Å². The number of hydrogen-bond acceptors (Lipinski definition) is 3. The van der Waals surface area contributed by atoms with Gasteiger partial charge in [-0.2, -0.15) is 17.5 Å². The maximum atomic E-state index is 13.1. The molecular formula is C18H17F3N2O3S. The van der Waals surface area contributed by atoms with Gasteiger partial charge < -0.3 is 5.32 Å². The van der Waals surface area contributed by atoms with Gasteiger partial charge in [0.2, 0.25) is 15.9 Å². The molecule has 2 aromatic carbocycles. The molecule has 1 heterocycles. The van der Waals surface area contributed by atoms with Gasteiger partial charge in [0.25, 0.3) is 0 Å². The smallest absolute Gasteiger partial charge is 0.358 e. The van der Waals surface area contributed by atoms with E-state index in [0.29, 0.717) is 0 Å². The third-order valence-electron chi connectivity index (χ3n) is 4.54. The highest BCUT2D eigenvalue weighted by atomic mass is 32.2. The number of likely N-dealkylation sites (N-methyl/N-ethyl adjacent to an activating group) is 1. The van der Waals surface area contributed by atoms with Gasteiger partial charge in [-0.1, -0.05) is 24.3 Å². The van der Waals surface area contributed by atoms with Crippen LogP contribution < -0.4 is 5.32 Å². The summed E-state index contributed by atoms with van der Waals surface area (Å²) in [5, 5.41) is 2.45. The van der Waals surface area contributed by atoms with Crippen molar-refractivity contribution >= 4 is 15.9 Å². The lowest BCUT2D eigenvalue weighted by molar-refractivity contribution is -0.137. The molecule has 0 aromatic heterocycles. The first-order chi connectivity index (χ1) is 12.6. The van der Waals surface area contributed by atoms with Crippen LogP contribution in [0.3, 0.4) is 0 Å². The van der Waals surface area contributed by atoms with Gasteiger partial charge in [0.15, 0.2) is 0 Å². The fourth-order valence-corrected chi connectivity index (χ4v) is 4.66. The predicted molar refractivity (Wildman–Crippen MR) is 92.2 cm³/mol. The second-order valence-corrected chi connectivity index (χ2v) is 8.07. The van der Waals surface area contributed by atoms with E-state index in [1.165, 1.54) is 7.05 Å². The molecule has 0 fully saturated rings. The van der Waals surface area contributed by atoms with Crippen LogP contribution in [0.1, 0.15) is 16.7 Å². The zero-order chi connectivity index (χ0) is 19.8. The van der Waals surface area contributed by atoms with Crippen molar-refractivity contribution in [1.29, 1.82) is 0 Å². The Morgan fingerprint density at radius 1 is 1.07 bits per heavy atom. The van der Waals surface area contributed by atoms with E-state index in [-0.39, 0.29) is 17.9 Å². The second-order valence-electron chi connectivity index (χ2n) is 6.18. The summed E-state index contributed by atoms with van der Waals surface area (Å²) in [6, 6.07) is 9.47. The molecule has 5 nitrogen and oxygen atoms in total. The molecule has 1 aliphatic heterocycles. The van der Waals surface area contributed by atoms with E-state index >= 15 is 0 Å². The summed E-state index contributed by atoms with van der Waals surface area (Å²) >= 11 is 0. The van der Waals surface area contributed by atoms with Gasteiger partial charge in [0.1, 0.15) is 6.04 Å². The fraction of sp³-hybridized carbons (Fsp3) is 0.278. The summed E-state index contributed by atoms with van der Waals surface area (Å²) in [6.45, 7) is -0.0301. The minimum Gasteiger partial charge on any atom is -0.358 e. The number of benzene rings is 2. The van der Waals surface area contributed by atoms with Crippen LogP contribution in [0.25, 0.3) is 0 Å². The molecular weight excluding hydrogens is 381 g/mol. The molecule has 2 aromatic rings.